The van der Waals surface area contributed by atoms with Gasteiger partial charge in [0.1, 0.15) is 5.82 Å². The van der Waals surface area contributed by atoms with Gasteiger partial charge in [-0.05, 0) is 30.0 Å². The zero-order valence-corrected chi connectivity index (χ0v) is 20.4. The number of hydrogen-bond acceptors (Lipinski definition) is 7. The number of carbonyl (C=O) groups is 1. The van der Waals surface area contributed by atoms with Gasteiger partial charge < -0.3 is 10.5 Å². The molecule has 0 unspecified atom stereocenters. The Kier molecular flexibility index (Phi) is 7.42. The van der Waals surface area contributed by atoms with Gasteiger partial charge in [0.2, 0.25) is 0 Å². The fourth-order valence-electron chi connectivity index (χ4n) is 3.92. The van der Waals surface area contributed by atoms with Gasteiger partial charge in [-0.2, -0.15) is 0 Å². The summed E-state index contributed by atoms with van der Waals surface area (Å²) in [6.45, 7) is 2.55. The summed E-state index contributed by atoms with van der Waals surface area (Å²) in [6, 6.07) is 12.9. The monoisotopic (exact) mass is 493 g/mol. The van der Waals surface area contributed by atoms with E-state index >= 15 is 0 Å². The number of nitrogens with one attached hydrogen (secondary N) is 1. The fourth-order valence-corrected chi connectivity index (χ4v) is 4.61. The van der Waals surface area contributed by atoms with Crippen LogP contribution in [-0.2, 0) is 11.3 Å². The van der Waals surface area contributed by atoms with Crippen LogP contribution in [0.1, 0.15) is 30.1 Å². The highest BCUT2D eigenvalue weighted by molar-refractivity contribution is 7.13. The van der Waals surface area contributed by atoms with Gasteiger partial charge in [-0.25, -0.2) is 9.78 Å². The summed E-state index contributed by atoms with van der Waals surface area (Å²) < 4.78 is 6.52. The number of pyridine rings is 1. The summed E-state index contributed by atoms with van der Waals surface area (Å²) in [6.07, 6.45) is 1.53. The number of para-hydroxylation sites is 1. The molecule has 3 heterocycles. The van der Waals surface area contributed by atoms with Gasteiger partial charge in [0.15, 0.2) is 5.69 Å². The molecule has 10 heteroatoms. The maximum Gasteiger partial charge on any atom is 0.330 e. The molecule has 0 fully saturated rings. The lowest BCUT2D eigenvalue weighted by atomic mass is 10.1. The number of ether oxygens (including phenoxy) is 1. The minimum absolute atomic E-state index is 0.0477. The van der Waals surface area contributed by atoms with E-state index in [4.69, 9.17) is 15.5 Å². The average molecular weight is 494 g/mol. The number of amides is 1. The summed E-state index contributed by atoms with van der Waals surface area (Å²) in [5.74, 6) is -0.482. The highest BCUT2D eigenvalue weighted by Crippen LogP contribution is 2.30. The molecule has 0 aliphatic carbocycles. The SMILES string of the molecule is CCCCn1c(N)c(N(CCOC)C(=O)c2cc(-c3cccs3)nc3ccccc23)c(=O)[nH]c1=O. The van der Waals surface area contributed by atoms with E-state index < -0.39 is 17.2 Å². The number of unbranched alkanes of at least 4 members (excludes halogenated alkanes) is 1. The van der Waals surface area contributed by atoms with Gasteiger partial charge >= 0.3 is 5.69 Å². The van der Waals surface area contributed by atoms with E-state index in [1.54, 1.807) is 6.07 Å². The molecule has 3 N–H and O–H groups in total. The van der Waals surface area contributed by atoms with E-state index in [9.17, 15) is 14.4 Å². The lowest BCUT2D eigenvalue weighted by molar-refractivity contribution is 0.0977. The van der Waals surface area contributed by atoms with Crippen molar-refractivity contribution in [3.8, 4) is 10.6 Å². The van der Waals surface area contributed by atoms with Crippen LogP contribution in [0.5, 0.6) is 0 Å². The van der Waals surface area contributed by atoms with Crippen molar-refractivity contribution in [3.05, 3.63) is 74.2 Å². The summed E-state index contributed by atoms with van der Waals surface area (Å²) in [5.41, 5.74) is 6.63. The molecule has 1 aromatic carbocycles. The Balaban J connectivity index is 1.91. The number of nitrogens with two attached hydrogens (primary N) is 1. The second-order valence-corrected chi connectivity index (χ2v) is 8.95. The third-order valence-electron chi connectivity index (χ3n) is 5.70. The molecule has 9 nitrogen and oxygen atoms in total. The van der Waals surface area contributed by atoms with Crippen molar-refractivity contribution in [3.63, 3.8) is 0 Å². The summed E-state index contributed by atoms with van der Waals surface area (Å²) >= 11 is 1.52. The molecule has 3 aromatic heterocycles. The number of aromatic amines is 1. The molecule has 0 aliphatic rings. The Labute approximate surface area is 205 Å². The lowest BCUT2D eigenvalue weighted by Crippen LogP contribution is -2.42. The number of H-pyrrole nitrogens is 1. The van der Waals surface area contributed by atoms with Crippen molar-refractivity contribution in [2.75, 3.05) is 30.9 Å². The summed E-state index contributed by atoms with van der Waals surface area (Å²) in [5, 5.41) is 2.59. The maximum atomic E-state index is 14.1. The zero-order chi connectivity index (χ0) is 24.9. The van der Waals surface area contributed by atoms with Crippen molar-refractivity contribution in [1.29, 1.82) is 0 Å². The molecular weight excluding hydrogens is 466 g/mol. The van der Waals surface area contributed by atoms with E-state index in [-0.39, 0.29) is 24.7 Å². The second kappa shape index (κ2) is 10.7. The standard InChI is InChI=1S/C25H27N5O4S/c1-3-4-11-30-22(26)21(23(31)28-25(30)33)29(12-13-34-2)24(32)17-15-19(20-10-7-14-35-20)27-18-9-6-5-8-16(17)18/h5-10,14-15H,3-4,11-13,26H2,1-2H3,(H,28,31,33). The Morgan fingerprint density at radius 2 is 2.03 bits per heavy atom. The number of methoxy groups -OCH3 is 1. The molecule has 0 saturated carbocycles. The number of nitrogens with zero attached hydrogens (tertiary/aromatic N) is 3. The first-order valence-electron chi connectivity index (χ1n) is 11.3. The van der Waals surface area contributed by atoms with Crippen LogP contribution in [0.25, 0.3) is 21.5 Å². The number of aromatic nitrogens is 3. The van der Waals surface area contributed by atoms with E-state index in [0.717, 1.165) is 11.3 Å². The Hall–Kier alpha value is -3.76. The van der Waals surface area contributed by atoms with Crippen LogP contribution in [0.3, 0.4) is 0 Å². The molecule has 4 aromatic rings. The topological polar surface area (TPSA) is 123 Å². The number of fused-ring (bicyclic) bond motifs is 1. The molecule has 4 rings (SSSR count). The van der Waals surface area contributed by atoms with Crippen LogP contribution < -0.4 is 21.9 Å². The first kappa shape index (κ1) is 24.4. The maximum absolute atomic E-state index is 14.1. The molecule has 0 saturated heterocycles. The Morgan fingerprint density at radius 3 is 2.74 bits per heavy atom. The Morgan fingerprint density at radius 1 is 1.23 bits per heavy atom. The molecule has 0 aliphatic heterocycles. The number of benzene rings is 1. The zero-order valence-electron chi connectivity index (χ0n) is 19.6. The van der Waals surface area contributed by atoms with E-state index in [1.165, 1.54) is 27.9 Å². The largest absolute Gasteiger partial charge is 0.383 e. The van der Waals surface area contributed by atoms with E-state index in [2.05, 4.69) is 4.98 Å². The third kappa shape index (κ3) is 4.89. The molecule has 182 valence electrons. The van der Waals surface area contributed by atoms with Crippen LogP contribution in [0, 0.1) is 0 Å². The van der Waals surface area contributed by atoms with Gasteiger partial charge in [-0.1, -0.05) is 37.6 Å². The van der Waals surface area contributed by atoms with Gasteiger partial charge in [-0.3, -0.25) is 24.0 Å². The van der Waals surface area contributed by atoms with Crippen molar-refractivity contribution in [1.82, 2.24) is 14.5 Å². The Bertz CT molecular complexity index is 1460. The average Bonchev–Trinajstić information content (AvgIpc) is 3.40. The van der Waals surface area contributed by atoms with Crippen molar-refractivity contribution < 1.29 is 9.53 Å². The quantitative estimate of drug-likeness (QED) is 0.368. The number of carbonyl (C=O) groups excluding carboxylic acids is 1. The predicted octanol–water partition coefficient (Wildman–Crippen LogP) is 3.49. The van der Waals surface area contributed by atoms with Gasteiger partial charge in [0, 0.05) is 25.6 Å². The van der Waals surface area contributed by atoms with Crippen molar-refractivity contribution in [2.24, 2.45) is 0 Å². The van der Waals surface area contributed by atoms with Crippen molar-refractivity contribution >= 4 is 39.7 Å². The molecule has 35 heavy (non-hydrogen) atoms. The number of nitrogen functional groups attached to an aromatic ring is 1. The van der Waals surface area contributed by atoms with Crippen LogP contribution in [-0.4, -0.2) is 40.7 Å². The van der Waals surface area contributed by atoms with Crippen LogP contribution in [0.4, 0.5) is 11.5 Å². The number of thiophene rings is 1. The second-order valence-electron chi connectivity index (χ2n) is 8.00. The summed E-state index contributed by atoms with van der Waals surface area (Å²) in [7, 11) is 1.51. The van der Waals surface area contributed by atoms with Gasteiger partial charge in [0.25, 0.3) is 11.5 Å². The highest BCUT2D eigenvalue weighted by Gasteiger charge is 2.27. The molecular formula is C25H27N5O4S. The highest BCUT2D eigenvalue weighted by atomic mass is 32.1. The normalized spacial score (nSPS) is 11.1. The van der Waals surface area contributed by atoms with Crippen molar-refractivity contribution in [2.45, 2.75) is 26.3 Å². The van der Waals surface area contributed by atoms with Crippen LogP contribution in [0.2, 0.25) is 0 Å². The molecule has 0 spiro atoms. The molecule has 1 amide bonds. The minimum atomic E-state index is -0.721. The van der Waals surface area contributed by atoms with Crippen LogP contribution in [0.15, 0.2) is 57.4 Å². The number of anilines is 2. The first-order chi connectivity index (χ1) is 17.0. The molecule has 0 radical (unpaired) electrons. The smallest absolute Gasteiger partial charge is 0.330 e. The minimum Gasteiger partial charge on any atom is -0.383 e. The fraction of sp³-hybridized carbons (Fsp3) is 0.280. The molecule has 0 bridgehead atoms. The number of hydrogen-bond donors (Lipinski definition) is 2. The van der Waals surface area contributed by atoms with Crippen LogP contribution >= 0.6 is 11.3 Å². The van der Waals surface area contributed by atoms with E-state index in [1.807, 2.05) is 48.7 Å². The predicted molar refractivity (Wildman–Crippen MR) is 139 cm³/mol. The third-order valence-corrected chi connectivity index (χ3v) is 6.60. The summed E-state index contributed by atoms with van der Waals surface area (Å²) in [4.78, 5) is 48.7. The number of rotatable bonds is 9. The van der Waals surface area contributed by atoms with Gasteiger partial charge in [0.05, 0.1) is 28.3 Å². The van der Waals surface area contributed by atoms with Gasteiger partial charge in [-0.15, -0.1) is 11.3 Å². The molecule has 0 atom stereocenters. The lowest BCUT2D eigenvalue weighted by Gasteiger charge is -2.25. The first-order valence-corrected chi connectivity index (χ1v) is 12.2. The van der Waals surface area contributed by atoms with E-state index in [0.29, 0.717) is 35.1 Å².